The van der Waals surface area contributed by atoms with Crippen molar-refractivity contribution in [2.75, 3.05) is 26.8 Å². The lowest BCUT2D eigenvalue weighted by atomic mass is 9.93. The Morgan fingerprint density at radius 3 is 2.48 bits per heavy atom. The Balaban J connectivity index is 1.73. The van der Waals surface area contributed by atoms with Crippen molar-refractivity contribution in [3.8, 4) is 11.5 Å². The van der Waals surface area contributed by atoms with Crippen molar-refractivity contribution in [2.45, 2.75) is 39.0 Å². The molecule has 0 bridgehead atoms. The van der Waals surface area contributed by atoms with E-state index in [0.717, 1.165) is 12.8 Å². The first-order chi connectivity index (χ1) is 12.9. The molecule has 7 nitrogen and oxygen atoms in total. The van der Waals surface area contributed by atoms with Gasteiger partial charge in [0.05, 0.1) is 13.7 Å². The molecule has 0 saturated carbocycles. The van der Waals surface area contributed by atoms with Crippen LogP contribution in [0.15, 0.2) is 18.2 Å². The van der Waals surface area contributed by atoms with Crippen LogP contribution in [0.2, 0.25) is 0 Å². The molecule has 1 fully saturated rings. The number of carboxylic acid groups (broad SMARTS) is 1. The molecule has 1 aliphatic heterocycles. The number of amides is 1. The largest absolute Gasteiger partial charge is 0.493 e. The highest BCUT2D eigenvalue weighted by Crippen LogP contribution is 2.28. The van der Waals surface area contributed by atoms with E-state index in [1.54, 1.807) is 23.1 Å². The predicted molar refractivity (Wildman–Crippen MR) is 99.3 cm³/mol. The fraction of sp³-hybridized carbons (Fsp3) is 0.550. The van der Waals surface area contributed by atoms with E-state index in [9.17, 15) is 14.4 Å². The van der Waals surface area contributed by atoms with E-state index in [1.165, 1.54) is 14.0 Å². The van der Waals surface area contributed by atoms with Gasteiger partial charge >= 0.3 is 5.97 Å². The predicted octanol–water partition coefficient (Wildman–Crippen LogP) is 2.77. The Kier molecular flexibility index (Phi) is 7.64. The van der Waals surface area contributed by atoms with Gasteiger partial charge < -0.3 is 19.5 Å². The summed E-state index contributed by atoms with van der Waals surface area (Å²) in [5, 5.41) is 8.84. The number of methoxy groups -OCH3 is 1. The van der Waals surface area contributed by atoms with Crippen molar-refractivity contribution in [2.24, 2.45) is 5.92 Å². The van der Waals surface area contributed by atoms with Crippen LogP contribution in [-0.4, -0.2) is 54.5 Å². The summed E-state index contributed by atoms with van der Waals surface area (Å²) in [7, 11) is 1.52. The maximum Gasteiger partial charge on any atom is 0.303 e. The number of nitrogens with zero attached hydrogens (tertiary/aromatic N) is 1. The fourth-order valence-electron chi connectivity index (χ4n) is 3.20. The summed E-state index contributed by atoms with van der Waals surface area (Å²) in [6.07, 6.45) is 2.63. The molecule has 1 aromatic carbocycles. The van der Waals surface area contributed by atoms with Gasteiger partial charge in [0.2, 0.25) is 5.91 Å². The third-order valence-electron chi connectivity index (χ3n) is 4.79. The number of Topliss-reactive ketones (excluding diaryl/α,β-unsaturated/α-hetero) is 1. The molecule has 1 aliphatic rings. The van der Waals surface area contributed by atoms with Crippen LogP contribution >= 0.6 is 0 Å². The minimum Gasteiger partial charge on any atom is -0.493 e. The van der Waals surface area contributed by atoms with Crippen LogP contribution in [0.5, 0.6) is 11.5 Å². The van der Waals surface area contributed by atoms with Crippen molar-refractivity contribution in [1.29, 1.82) is 0 Å². The monoisotopic (exact) mass is 377 g/mol. The molecule has 148 valence electrons. The highest BCUT2D eigenvalue weighted by molar-refractivity contribution is 5.94. The number of carbonyl (C=O) groups is 3. The average molecular weight is 377 g/mol. The third kappa shape index (κ3) is 6.27. The number of ether oxygens (including phenoxy) is 2. The Hall–Kier alpha value is -2.57. The molecule has 27 heavy (non-hydrogen) atoms. The molecule has 0 unspecified atom stereocenters. The highest BCUT2D eigenvalue weighted by Gasteiger charge is 2.23. The van der Waals surface area contributed by atoms with Gasteiger partial charge in [0.25, 0.3) is 0 Å². The van der Waals surface area contributed by atoms with Crippen LogP contribution < -0.4 is 9.47 Å². The first kappa shape index (κ1) is 20.7. The van der Waals surface area contributed by atoms with Crippen LogP contribution in [0.4, 0.5) is 0 Å². The number of carbonyl (C=O) groups excluding carboxylic acids is 2. The van der Waals surface area contributed by atoms with E-state index < -0.39 is 5.97 Å². The van der Waals surface area contributed by atoms with Crippen LogP contribution in [0.3, 0.4) is 0 Å². The van der Waals surface area contributed by atoms with E-state index in [2.05, 4.69) is 0 Å². The van der Waals surface area contributed by atoms with Crippen LogP contribution in [0, 0.1) is 5.92 Å². The second-order valence-corrected chi connectivity index (χ2v) is 6.80. The van der Waals surface area contributed by atoms with Crippen molar-refractivity contribution >= 4 is 17.7 Å². The zero-order valence-corrected chi connectivity index (χ0v) is 15.9. The van der Waals surface area contributed by atoms with Gasteiger partial charge in [0, 0.05) is 31.5 Å². The van der Waals surface area contributed by atoms with Gasteiger partial charge in [-0.05, 0) is 50.3 Å². The molecule has 0 spiro atoms. The van der Waals surface area contributed by atoms with E-state index >= 15 is 0 Å². The summed E-state index contributed by atoms with van der Waals surface area (Å²) in [6, 6.07) is 5.03. The number of rotatable bonds is 9. The second-order valence-electron chi connectivity index (χ2n) is 6.80. The van der Waals surface area contributed by atoms with Crippen molar-refractivity contribution in [3.63, 3.8) is 0 Å². The number of aliphatic carboxylic acids is 1. The van der Waals surface area contributed by atoms with Gasteiger partial charge in [-0.2, -0.15) is 0 Å². The van der Waals surface area contributed by atoms with E-state index in [4.69, 9.17) is 14.6 Å². The molecule has 0 radical (unpaired) electrons. The third-order valence-corrected chi connectivity index (χ3v) is 4.79. The number of hydrogen-bond acceptors (Lipinski definition) is 5. The van der Waals surface area contributed by atoms with E-state index in [1.807, 2.05) is 0 Å². The minimum atomic E-state index is -0.774. The quantitative estimate of drug-likeness (QED) is 0.525. The van der Waals surface area contributed by atoms with E-state index in [0.29, 0.717) is 49.6 Å². The number of piperidine rings is 1. The number of benzene rings is 1. The maximum absolute atomic E-state index is 12.3. The first-order valence-corrected chi connectivity index (χ1v) is 9.22. The lowest BCUT2D eigenvalue weighted by molar-refractivity contribution is -0.138. The molecule has 1 heterocycles. The summed E-state index contributed by atoms with van der Waals surface area (Å²) in [4.78, 5) is 36.2. The lowest BCUT2D eigenvalue weighted by Crippen LogP contribution is -2.38. The van der Waals surface area contributed by atoms with Gasteiger partial charge in [-0.3, -0.25) is 14.4 Å². The van der Waals surface area contributed by atoms with Crippen LogP contribution in [0.1, 0.15) is 49.4 Å². The number of hydrogen-bond donors (Lipinski definition) is 1. The zero-order chi connectivity index (χ0) is 19.8. The summed E-state index contributed by atoms with van der Waals surface area (Å²) >= 11 is 0. The molecule has 0 aromatic heterocycles. The molecule has 0 atom stereocenters. The number of ketones is 1. The first-order valence-electron chi connectivity index (χ1n) is 9.22. The molecule has 1 saturated heterocycles. The lowest BCUT2D eigenvalue weighted by Gasteiger charge is -2.31. The summed E-state index contributed by atoms with van der Waals surface area (Å²) < 4.78 is 10.9. The summed E-state index contributed by atoms with van der Waals surface area (Å²) in [6.45, 7) is 3.11. The summed E-state index contributed by atoms with van der Waals surface area (Å²) in [5.74, 6) is 0.465. The van der Waals surface area contributed by atoms with Gasteiger partial charge in [-0.1, -0.05) is 0 Å². The fourth-order valence-corrected chi connectivity index (χ4v) is 3.20. The van der Waals surface area contributed by atoms with E-state index in [-0.39, 0.29) is 24.0 Å². The highest BCUT2D eigenvalue weighted by atomic mass is 16.5. The molecule has 1 N–H and O–H groups in total. The van der Waals surface area contributed by atoms with Crippen molar-refractivity contribution in [1.82, 2.24) is 4.90 Å². The van der Waals surface area contributed by atoms with Gasteiger partial charge in [-0.25, -0.2) is 0 Å². The number of carboxylic acids is 1. The molecule has 0 aliphatic carbocycles. The Morgan fingerprint density at radius 2 is 1.89 bits per heavy atom. The Bertz CT molecular complexity index is 679. The molecular weight excluding hydrogens is 350 g/mol. The van der Waals surface area contributed by atoms with Gasteiger partial charge in [0.1, 0.15) is 0 Å². The molecule has 2 rings (SSSR count). The van der Waals surface area contributed by atoms with Crippen molar-refractivity contribution < 1.29 is 29.0 Å². The van der Waals surface area contributed by atoms with Crippen LogP contribution in [-0.2, 0) is 9.59 Å². The zero-order valence-electron chi connectivity index (χ0n) is 15.9. The van der Waals surface area contributed by atoms with Crippen molar-refractivity contribution in [3.05, 3.63) is 23.8 Å². The molecule has 1 aromatic rings. The topological polar surface area (TPSA) is 93.1 Å². The van der Waals surface area contributed by atoms with Gasteiger partial charge in [-0.15, -0.1) is 0 Å². The Morgan fingerprint density at radius 1 is 1.19 bits per heavy atom. The smallest absolute Gasteiger partial charge is 0.303 e. The Labute approximate surface area is 159 Å². The standard InChI is InChI=1S/C20H27NO6/c1-14(22)16-5-6-17(18(13-16)26-2)27-11-3-4-19(23)21-9-7-15(8-10-21)12-20(24)25/h5-6,13,15H,3-4,7-12H2,1-2H3,(H,24,25). The average Bonchev–Trinajstić information content (AvgIpc) is 2.65. The normalized spacial score (nSPS) is 14.7. The second kappa shape index (κ2) is 9.94. The number of likely N-dealkylation sites (tertiary alicyclic amines) is 1. The SMILES string of the molecule is COc1cc(C(C)=O)ccc1OCCCC(=O)N1CCC(CC(=O)O)CC1. The molecule has 7 heteroatoms. The van der Waals surface area contributed by atoms with Gasteiger partial charge in [0.15, 0.2) is 17.3 Å². The molecular formula is C20H27NO6. The maximum atomic E-state index is 12.3. The summed E-state index contributed by atoms with van der Waals surface area (Å²) in [5.41, 5.74) is 0.556. The minimum absolute atomic E-state index is 0.0439. The molecule has 1 amide bonds. The van der Waals surface area contributed by atoms with Crippen LogP contribution in [0.25, 0.3) is 0 Å².